The first-order valence-corrected chi connectivity index (χ1v) is 7.58. The van der Waals surface area contributed by atoms with Gasteiger partial charge in [0.2, 0.25) is 0 Å². The summed E-state index contributed by atoms with van der Waals surface area (Å²) in [6.45, 7) is 2.15. The molecule has 0 fully saturated rings. The summed E-state index contributed by atoms with van der Waals surface area (Å²) in [5.41, 5.74) is 2.47. The summed E-state index contributed by atoms with van der Waals surface area (Å²) >= 11 is 6.75. The summed E-state index contributed by atoms with van der Waals surface area (Å²) in [4.78, 5) is 5.49. The summed E-state index contributed by atoms with van der Waals surface area (Å²) < 4.78 is 2.47. The number of aromatic amines is 1. The number of nitrogens with zero attached hydrogens (tertiary/aromatic N) is 3. The SMILES string of the molecule is CCc1ccc(-c2ncc(-c3n[nH]c(=S)n3C)s2)cc1. The number of hydrogen-bond donors (Lipinski definition) is 1. The summed E-state index contributed by atoms with van der Waals surface area (Å²) in [6, 6.07) is 8.52. The van der Waals surface area contributed by atoms with E-state index in [1.807, 2.05) is 17.8 Å². The second kappa shape index (κ2) is 5.30. The Morgan fingerprint density at radius 3 is 2.65 bits per heavy atom. The second-order valence-electron chi connectivity index (χ2n) is 4.49. The van der Waals surface area contributed by atoms with Crippen LogP contribution in [-0.4, -0.2) is 19.7 Å². The van der Waals surface area contributed by atoms with Crippen molar-refractivity contribution in [1.29, 1.82) is 0 Å². The van der Waals surface area contributed by atoms with Crippen molar-refractivity contribution in [3.05, 3.63) is 40.8 Å². The van der Waals surface area contributed by atoms with E-state index in [-0.39, 0.29) is 0 Å². The van der Waals surface area contributed by atoms with Crippen LogP contribution in [0.2, 0.25) is 0 Å². The Morgan fingerprint density at radius 2 is 2.05 bits per heavy atom. The van der Waals surface area contributed by atoms with Crippen LogP contribution in [0.15, 0.2) is 30.5 Å². The van der Waals surface area contributed by atoms with Crippen molar-refractivity contribution in [2.45, 2.75) is 13.3 Å². The van der Waals surface area contributed by atoms with E-state index in [1.165, 1.54) is 5.56 Å². The molecule has 6 heteroatoms. The fourth-order valence-corrected chi connectivity index (χ4v) is 3.04. The Morgan fingerprint density at radius 1 is 1.30 bits per heavy atom. The van der Waals surface area contributed by atoms with Gasteiger partial charge in [-0.25, -0.2) is 4.98 Å². The highest BCUT2D eigenvalue weighted by Crippen LogP contribution is 2.30. The first-order valence-electron chi connectivity index (χ1n) is 6.36. The zero-order valence-electron chi connectivity index (χ0n) is 11.3. The molecule has 0 amide bonds. The Balaban J connectivity index is 1.97. The molecule has 0 saturated carbocycles. The van der Waals surface area contributed by atoms with Crippen LogP contribution in [0.5, 0.6) is 0 Å². The fraction of sp³-hybridized carbons (Fsp3) is 0.214. The molecule has 0 aliphatic heterocycles. The van der Waals surface area contributed by atoms with Crippen molar-refractivity contribution < 1.29 is 0 Å². The van der Waals surface area contributed by atoms with Gasteiger partial charge in [-0.15, -0.1) is 11.3 Å². The second-order valence-corrected chi connectivity index (χ2v) is 5.91. The Labute approximate surface area is 126 Å². The molecule has 0 aliphatic carbocycles. The molecule has 3 rings (SSSR count). The number of benzene rings is 1. The van der Waals surface area contributed by atoms with Crippen molar-refractivity contribution in [3.63, 3.8) is 0 Å². The Bertz CT molecular complexity index is 780. The zero-order valence-corrected chi connectivity index (χ0v) is 12.9. The van der Waals surface area contributed by atoms with Crippen LogP contribution >= 0.6 is 23.6 Å². The summed E-state index contributed by atoms with van der Waals surface area (Å²) in [5, 5.41) is 8.03. The maximum Gasteiger partial charge on any atom is 0.195 e. The quantitative estimate of drug-likeness (QED) is 0.748. The first-order chi connectivity index (χ1) is 9.69. The Hall–Kier alpha value is -1.79. The van der Waals surface area contributed by atoms with Gasteiger partial charge < -0.3 is 4.57 Å². The minimum Gasteiger partial charge on any atom is -0.303 e. The van der Waals surface area contributed by atoms with Gasteiger partial charge in [0.05, 0.1) is 4.88 Å². The van der Waals surface area contributed by atoms with Crippen molar-refractivity contribution >= 4 is 23.6 Å². The van der Waals surface area contributed by atoms with Gasteiger partial charge in [-0.3, -0.25) is 5.10 Å². The Kier molecular flexibility index (Phi) is 3.50. The average Bonchev–Trinajstić information content (AvgIpc) is 3.08. The smallest absolute Gasteiger partial charge is 0.195 e. The maximum atomic E-state index is 5.13. The van der Waals surface area contributed by atoms with E-state index < -0.39 is 0 Å². The van der Waals surface area contributed by atoms with Gasteiger partial charge in [0, 0.05) is 18.8 Å². The van der Waals surface area contributed by atoms with Crippen LogP contribution in [0.25, 0.3) is 21.3 Å². The van der Waals surface area contributed by atoms with Crippen LogP contribution in [-0.2, 0) is 13.5 Å². The highest BCUT2D eigenvalue weighted by molar-refractivity contribution is 7.71. The molecule has 20 heavy (non-hydrogen) atoms. The van der Waals surface area contributed by atoms with Crippen LogP contribution < -0.4 is 0 Å². The van der Waals surface area contributed by atoms with E-state index in [1.54, 1.807) is 11.3 Å². The van der Waals surface area contributed by atoms with Gasteiger partial charge in [0.25, 0.3) is 0 Å². The number of aromatic nitrogens is 4. The predicted molar refractivity (Wildman–Crippen MR) is 84.3 cm³/mol. The van der Waals surface area contributed by atoms with Gasteiger partial charge in [-0.05, 0) is 24.2 Å². The molecule has 0 unspecified atom stereocenters. The molecule has 2 aromatic heterocycles. The number of hydrogen-bond acceptors (Lipinski definition) is 4. The highest BCUT2D eigenvalue weighted by Gasteiger charge is 2.11. The topological polar surface area (TPSA) is 46.5 Å². The molecule has 0 aliphatic rings. The molecule has 3 aromatic rings. The lowest BCUT2D eigenvalue weighted by Gasteiger charge is -1.98. The lowest BCUT2D eigenvalue weighted by atomic mass is 10.1. The lowest BCUT2D eigenvalue weighted by Crippen LogP contribution is -1.89. The standard InChI is InChI=1S/C14H14N4S2/c1-3-9-4-6-10(7-5-9)13-15-8-11(20-13)12-16-17-14(19)18(12)2/h4-8H,3H2,1-2H3,(H,17,19). The van der Waals surface area contributed by atoms with Crippen molar-refractivity contribution in [3.8, 4) is 21.3 Å². The maximum absolute atomic E-state index is 5.13. The van der Waals surface area contributed by atoms with E-state index in [9.17, 15) is 0 Å². The lowest BCUT2D eigenvalue weighted by molar-refractivity contribution is 0.903. The molecule has 0 spiro atoms. The van der Waals surface area contributed by atoms with Gasteiger partial charge in [0.1, 0.15) is 5.01 Å². The molecular formula is C14H14N4S2. The zero-order chi connectivity index (χ0) is 14.1. The van der Waals surface area contributed by atoms with Crippen LogP contribution in [0, 0.1) is 4.77 Å². The van der Waals surface area contributed by atoms with E-state index >= 15 is 0 Å². The summed E-state index contributed by atoms with van der Waals surface area (Å²) in [7, 11) is 1.90. The van der Waals surface area contributed by atoms with Crippen molar-refractivity contribution in [1.82, 2.24) is 19.7 Å². The molecule has 1 N–H and O–H groups in total. The minimum atomic E-state index is 0.613. The first kappa shape index (κ1) is 13.2. The molecule has 0 bridgehead atoms. The van der Waals surface area contributed by atoms with Gasteiger partial charge in [-0.2, -0.15) is 5.10 Å². The average molecular weight is 302 g/mol. The van der Waals surface area contributed by atoms with E-state index in [4.69, 9.17) is 12.2 Å². The van der Waals surface area contributed by atoms with Crippen molar-refractivity contribution in [2.75, 3.05) is 0 Å². The third-order valence-corrected chi connectivity index (χ3v) is 4.62. The van der Waals surface area contributed by atoms with E-state index in [2.05, 4.69) is 46.4 Å². The van der Waals surface area contributed by atoms with Crippen molar-refractivity contribution in [2.24, 2.45) is 7.05 Å². The van der Waals surface area contributed by atoms with Gasteiger partial charge in [0.15, 0.2) is 10.6 Å². The predicted octanol–water partition coefficient (Wildman–Crippen LogP) is 3.83. The molecule has 2 heterocycles. The molecule has 102 valence electrons. The summed E-state index contributed by atoms with van der Waals surface area (Å²) in [5.74, 6) is 0.823. The molecular weight excluding hydrogens is 288 g/mol. The van der Waals surface area contributed by atoms with Crippen LogP contribution in [0.3, 0.4) is 0 Å². The molecule has 1 aromatic carbocycles. The normalized spacial score (nSPS) is 10.9. The largest absolute Gasteiger partial charge is 0.303 e. The van der Waals surface area contributed by atoms with E-state index in [0.29, 0.717) is 4.77 Å². The minimum absolute atomic E-state index is 0.613. The van der Waals surface area contributed by atoms with E-state index in [0.717, 1.165) is 27.7 Å². The highest BCUT2D eigenvalue weighted by atomic mass is 32.1. The molecule has 0 atom stereocenters. The molecule has 4 nitrogen and oxygen atoms in total. The third-order valence-electron chi connectivity index (χ3n) is 3.21. The fourth-order valence-electron chi connectivity index (χ4n) is 1.96. The monoisotopic (exact) mass is 302 g/mol. The number of H-pyrrole nitrogens is 1. The number of aryl methyl sites for hydroxylation is 1. The molecule has 0 radical (unpaired) electrons. The number of rotatable bonds is 3. The van der Waals surface area contributed by atoms with Gasteiger partial charge >= 0.3 is 0 Å². The van der Waals surface area contributed by atoms with Crippen LogP contribution in [0.4, 0.5) is 0 Å². The number of thiazole rings is 1. The number of nitrogens with one attached hydrogen (secondary N) is 1. The van der Waals surface area contributed by atoms with Gasteiger partial charge in [-0.1, -0.05) is 31.2 Å². The third kappa shape index (κ3) is 2.32. The van der Waals surface area contributed by atoms with Crippen LogP contribution in [0.1, 0.15) is 12.5 Å². The summed E-state index contributed by atoms with van der Waals surface area (Å²) in [6.07, 6.45) is 2.90. The molecule has 0 saturated heterocycles.